The number of hydrogen-bond acceptors (Lipinski definition) is 7. The van der Waals surface area contributed by atoms with Gasteiger partial charge in [-0.05, 0) is 56.3 Å². The third-order valence-electron chi connectivity index (χ3n) is 4.97. The van der Waals surface area contributed by atoms with E-state index < -0.39 is 28.4 Å². The lowest BCUT2D eigenvalue weighted by Crippen LogP contribution is -2.41. The second-order valence-corrected chi connectivity index (χ2v) is 8.33. The first-order valence-electron chi connectivity index (χ1n) is 9.88. The number of likely N-dealkylation sites (tertiary alicyclic amines) is 1. The number of rotatable bonds is 4. The average Bonchev–Trinajstić information content (AvgIpc) is 2.72. The van der Waals surface area contributed by atoms with Crippen LogP contribution in [0.5, 0.6) is 0 Å². The number of carbonyl (C=O) groups excluding carboxylic acids is 1. The van der Waals surface area contributed by atoms with Gasteiger partial charge in [0.1, 0.15) is 5.60 Å². The summed E-state index contributed by atoms with van der Waals surface area (Å²) in [4.78, 5) is 48.4. The van der Waals surface area contributed by atoms with E-state index in [1.54, 1.807) is 17.0 Å². The van der Waals surface area contributed by atoms with Crippen LogP contribution < -0.4 is 5.43 Å². The van der Waals surface area contributed by atoms with Crippen LogP contribution in [0.3, 0.4) is 0 Å². The first kappa shape index (κ1) is 22.1. The number of carboxylic acids is 1. The second-order valence-electron chi connectivity index (χ2n) is 8.33. The Labute approximate surface area is 178 Å². The number of para-hydroxylation sites is 1. The van der Waals surface area contributed by atoms with Crippen LogP contribution in [0.2, 0.25) is 0 Å². The molecule has 164 valence electrons. The molecule has 0 unspecified atom stereocenters. The van der Waals surface area contributed by atoms with E-state index in [0.29, 0.717) is 31.6 Å². The minimum atomic E-state index is -1.53. The van der Waals surface area contributed by atoms with E-state index in [1.165, 1.54) is 4.68 Å². The van der Waals surface area contributed by atoms with Gasteiger partial charge in [0.05, 0.1) is 11.9 Å². The van der Waals surface area contributed by atoms with E-state index in [2.05, 4.69) is 10.3 Å². The minimum Gasteiger partial charge on any atom is -0.476 e. The summed E-state index contributed by atoms with van der Waals surface area (Å²) in [6.45, 7) is 6.47. The Morgan fingerprint density at radius 2 is 1.84 bits per heavy atom. The fraction of sp³-hybridized carbons (Fsp3) is 0.429. The number of carbonyl (C=O) groups is 2. The molecule has 31 heavy (non-hydrogen) atoms. The van der Waals surface area contributed by atoms with E-state index in [4.69, 9.17) is 4.74 Å². The van der Waals surface area contributed by atoms with Crippen molar-refractivity contribution in [3.63, 3.8) is 0 Å². The van der Waals surface area contributed by atoms with Crippen LogP contribution in [0.1, 0.15) is 55.6 Å². The molecular weight excluding hydrogens is 404 g/mol. The lowest BCUT2D eigenvalue weighted by atomic mass is 9.88. The monoisotopic (exact) mass is 428 g/mol. The van der Waals surface area contributed by atoms with Crippen molar-refractivity contribution in [1.29, 1.82) is 0 Å². The molecule has 0 bridgehead atoms. The zero-order valence-electron chi connectivity index (χ0n) is 17.6. The van der Waals surface area contributed by atoms with E-state index in [-0.39, 0.29) is 12.0 Å². The molecule has 2 aromatic rings. The maximum Gasteiger partial charge on any atom is 0.410 e. The van der Waals surface area contributed by atoms with Gasteiger partial charge in [0.2, 0.25) is 11.1 Å². The standard InChI is InChI=1S/C21H24N4O6/c1-21(2,3)31-20(29)24-10-8-13(9-11-24)14-6-4-5-7-16(14)25-12-15(23-30)18(26)17(22-25)19(27)28/h4-7,12-13H,8-11H2,1-3H3,(H,27,28). The van der Waals surface area contributed by atoms with Gasteiger partial charge in [0.15, 0.2) is 5.69 Å². The third-order valence-corrected chi connectivity index (χ3v) is 4.97. The fourth-order valence-electron chi connectivity index (χ4n) is 3.55. The SMILES string of the molecule is CC(C)(C)OC(=O)N1CCC(c2ccccc2-n2cc(N=O)c(=O)c(C(=O)O)n2)CC1. The summed E-state index contributed by atoms with van der Waals surface area (Å²) in [6, 6.07) is 7.21. The minimum absolute atomic E-state index is 0.0667. The normalized spacial score (nSPS) is 14.9. The molecular formula is C21H24N4O6. The van der Waals surface area contributed by atoms with Crippen molar-refractivity contribution in [2.45, 2.75) is 45.1 Å². The molecule has 1 N–H and O–H groups in total. The molecule has 0 spiro atoms. The predicted octanol–water partition coefficient (Wildman–Crippen LogP) is 3.44. The molecule has 0 aliphatic carbocycles. The van der Waals surface area contributed by atoms with Crippen LogP contribution in [0.25, 0.3) is 5.69 Å². The van der Waals surface area contributed by atoms with E-state index >= 15 is 0 Å². The van der Waals surface area contributed by atoms with Crippen molar-refractivity contribution in [3.8, 4) is 5.69 Å². The van der Waals surface area contributed by atoms with Crippen molar-refractivity contribution in [2.24, 2.45) is 5.18 Å². The molecule has 1 aromatic heterocycles. The largest absolute Gasteiger partial charge is 0.476 e. The Kier molecular flexibility index (Phi) is 6.19. The van der Waals surface area contributed by atoms with Gasteiger partial charge in [-0.3, -0.25) is 4.79 Å². The molecule has 1 saturated heterocycles. The summed E-state index contributed by atoms with van der Waals surface area (Å²) in [5, 5.41) is 15.8. The lowest BCUT2D eigenvalue weighted by molar-refractivity contribution is 0.0204. The van der Waals surface area contributed by atoms with E-state index in [0.717, 1.165) is 11.8 Å². The number of piperidine rings is 1. The van der Waals surface area contributed by atoms with Crippen LogP contribution in [0, 0.1) is 4.91 Å². The van der Waals surface area contributed by atoms with Gasteiger partial charge >= 0.3 is 12.1 Å². The first-order valence-corrected chi connectivity index (χ1v) is 9.88. The number of benzene rings is 1. The molecule has 2 heterocycles. The summed E-state index contributed by atoms with van der Waals surface area (Å²) < 4.78 is 6.64. The maximum atomic E-state index is 12.3. The predicted molar refractivity (Wildman–Crippen MR) is 112 cm³/mol. The Bertz CT molecular complexity index is 1060. The zero-order valence-corrected chi connectivity index (χ0v) is 17.6. The van der Waals surface area contributed by atoms with Crippen molar-refractivity contribution in [2.75, 3.05) is 13.1 Å². The Morgan fingerprint density at radius 1 is 1.19 bits per heavy atom. The van der Waals surface area contributed by atoms with E-state index in [9.17, 15) is 24.4 Å². The molecule has 1 aliphatic heterocycles. The number of carboxylic acid groups (broad SMARTS) is 1. The van der Waals surface area contributed by atoms with Crippen molar-refractivity contribution in [1.82, 2.24) is 14.7 Å². The summed E-state index contributed by atoms with van der Waals surface area (Å²) in [7, 11) is 0. The average molecular weight is 428 g/mol. The van der Waals surface area contributed by atoms with Crippen LogP contribution >= 0.6 is 0 Å². The highest BCUT2D eigenvalue weighted by atomic mass is 16.6. The number of hydrogen-bond donors (Lipinski definition) is 1. The third kappa shape index (κ3) is 4.96. The Morgan fingerprint density at radius 3 is 2.42 bits per heavy atom. The molecule has 1 fully saturated rings. The number of ether oxygens (including phenoxy) is 1. The van der Waals surface area contributed by atoms with Crippen LogP contribution in [-0.2, 0) is 4.74 Å². The van der Waals surface area contributed by atoms with Crippen LogP contribution in [0.15, 0.2) is 40.4 Å². The highest BCUT2D eigenvalue weighted by Gasteiger charge is 2.29. The first-order chi connectivity index (χ1) is 14.6. The number of aromatic nitrogens is 2. The smallest absolute Gasteiger partial charge is 0.410 e. The highest BCUT2D eigenvalue weighted by Crippen LogP contribution is 2.32. The Balaban J connectivity index is 1.89. The quantitative estimate of drug-likeness (QED) is 0.738. The fourth-order valence-corrected chi connectivity index (χ4v) is 3.55. The zero-order chi connectivity index (χ0) is 22.8. The van der Waals surface area contributed by atoms with Crippen LogP contribution in [-0.4, -0.2) is 50.5 Å². The molecule has 1 aliphatic rings. The summed E-state index contributed by atoms with van der Waals surface area (Å²) in [5.41, 5.74) is -1.47. The van der Waals surface area contributed by atoms with Crippen molar-refractivity contribution >= 4 is 17.7 Å². The highest BCUT2D eigenvalue weighted by molar-refractivity contribution is 5.85. The molecule has 0 radical (unpaired) electrons. The summed E-state index contributed by atoms with van der Waals surface area (Å²) in [5.74, 6) is -1.47. The second kappa shape index (κ2) is 8.66. The molecule has 0 atom stereocenters. The molecule has 3 rings (SSSR count). The lowest BCUT2D eigenvalue weighted by Gasteiger charge is -2.34. The van der Waals surface area contributed by atoms with Gasteiger partial charge in [-0.2, -0.15) is 5.10 Å². The number of aromatic carboxylic acids is 1. The molecule has 0 saturated carbocycles. The number of nitroso groups, excluding NO2 is 1. The molecule has 10 nitrogen and oxygen atoms in total. The van der Waals surface area contributed by atoms with Crippen LogP contribution in [0.4, 0.5) is 10.5 Å². The van der Waals surface area contributed by atoms with Gasteiger partial charge in [0.25, 0.3) is 0 Å². The van der Waals surface area contributed by atoms with E-state index in [1.807, 2.05) is 32.9 Å². The summed E-state index contributed by atoms with van der Waals surface area (Å²) >= 11 is 0. The number of nitrogens with zero attached hydrogens (tertiary/aromatic N) is 4. The number of amides is 1. The van der Waals surface area contributed by atoms with Crippen molar-refractivity contribution in [3.05, 3.63) is 56.9 Å². The topological polar surface area (TPSA) is 131 Å². The van der Waals surface area contributed by atoms with Gasteiger partial charge in [-0.25, -0.2) is 14.3 Å². The van der Waals surface area contributed by atoms with Gasteiger partial charge in [-0.1, -0.05) is 18.2 Å². The van der Waals surface area contributed by atoms with Gasteiger partial charge in [0, 0.05) is 13.1 Å². The molecule has 1 aromatic carbocycles. The molecule has 10 heteroatoms. The van der Waals surface area contributed by atoms with Gasteiger partial charge < -0.3 is 14.7 Å². The van der Waals surface area contributed by atoms with Gasteiger partial charge in [-0.15, -0.1) is 4.91 Å². The summed E-state index contributed by atoms with van der Waals surface area (Å²) in [6.07, 6.45) is 2.12. The molecule has 1 amide bonds. The Hall–Kier alpha value is -3.56. The van der Waals surface area contributed by atoms with Crippen molar-refractivity contribution < 1.29 is 19.4 Å². The maximum absolute atomic E-state index is 12.3.